The quantitative estimate of drug-likeness (QED) is 0.767. The van der Waals surface area contributed by atoms with Crippen LogP contribution in [0.25, 0.3) is 0 Å². The molecule has 17 heavy (non-hydrogen) atoms. The van der Waals surface area contributed by atoms with Crippen molar-refractivity contribution < 1.29 is 4.39 Å². The predicted molar refractivity (Wildman–Crippen MR) is 64.1 cm³/mol. The highest BCUT2D eigenvalue weighted by Gasteiger charge is 2.05. The number of aryl methyl sites for hydroxylation is 1. The zero-order valence-corrected chi connectivity index (χ0v) is 10.3. The Morgan fingerprint density at radius 2 is 2.06 bits per heavy atom. The van der Waals surface area contributed by atoms with Gasteiger partial charge in [-0.15, -0.1) is 16.9 Å². The molecule has 0 fully saturated rings. The lowest BCUT2D eigenvalue weighted by atomic mass is 10.4. The SMILES string of the molecule is CCCn1nnnc1CSc1ccc(F)cc1. The van der Waals surface area contributed by atoms with Crippen molar-refractivity contribution in [2.24, 2.45) is 0 Å². The van der Waals surface area contributed by atoms with Gasteiger partial charge in [-0.25, -0.2) is 9.07 Å². The summed E-state index contributed by atoms with van der Waals surface area (Å²) in [5.41, 5.74) is 0. The molecule has 0 bridgehead atoms. The fourth-order valence-corrected chi connectivity index (χ4v) is 2.22. The van der Waals surface area contributed by atoms with E-state index >= 15 is 0 Å². The minimum atomic E-state index is -0.217. The second-order valence-electron chi connectivity index (χ2n) is 3.56. The average Bonchev–Trinajstić information content (AvgIpc) is 2.77. The van der Waals surface area contributed by atoms with Crippen molar-refractivity contribution in [3.63, 3.8) is 0 Å². The molecule has 0 aliphatic heterocycles. The van der Waals surface area contributed by atoms with Gasteiger partial charge in [-0.05, 0) is 41.1 Å². The predicted octanol–water partition coefficient (Wildman–Crippen LogP) is 2.51. The molecular weight excluding hydrogens is 239 g/mol. The molecule has 6 heteroatoms. The second-order valence-corrected chi connectivity index (χ2v) is 4.61. The summed E-state index contributed by atoms with van der Waals surface area (Å²) in [5.74, 6) is 1.32. The lowest BCUT2D eigenvalue weighted by Crippen LogP contribution is -2.04. The highest BCUT2D eigenvalue weighted by molar-refractivity contribution is 7.98. The van der Waals surface area contributed by atoms with E-state index in [1.807, 2.05) is 0 Å². The third-order valence-electron chi connectivity index (χ3n) is 2.22. The maximum absolute atomic E-state index is 12.7. The molecule has 0 saturated carbocycles. The molecule has 2 aromatic rings. The monoisotopic (exact) mass is 252 g/mol. The smallest absolute Gasteiger partial charge is 0.161 e. The van der Waals surface area contributed by atoms with Gasteiger partial charge >= 0.3 is 0 Å². The summed E-state index contributed by atoms with van der Waals surface area (Å²) in [4.78, 5) is 1.01. The van der Waals surface area contributed by atoms with Crippen LogP contribution in [-0.4, -0.2) is 20.2 Å². The van der Waals surface area contributed by atoms with Crippen LogP contribution in [0.5, 0.6) is 0 Å². The summed E-state index contributed by atoms with van der Waals surface area (Å²) < 4.78 is 14.5. The first kappa shape index (κ1) is 12.0. The summed E-state index contributed by atoms with van der Waals surface area (Å²) in [6, 6.07) is 6.43. The lowest BCUT2D eigenvalue weighted by molar-refractivity contribution is 0.564. The first-order chi connectivity index (χ1) is 8.29. The van der Waals surface area contributed by atoms with Crippen LogP contribution in [0.4, 0.5) is 4.39 Å². The maximum atomic E-state index is 12.7. The fourth-order valence-electron chi connectivity index (χ4n) is 1.39. The van der Waals surface area contributed by atoms with Gasteiger partial charge in [-0.1, -0.05) is 6.92 Å². The van der Waals surface area contributed by atoms with Crippen molar-refractivity contribution in [2.45, 2.75) is 30.5 Å². The number of hydrogen-bond acceptors (Lipinski definition) is 4. The van der Waals surface area contributed by atoms with Gasteiger partial charge in [0.15, 0.2) is 5.82 Å². The standard InChI is InChI=1S/C11H13FN4S/c1-2-7-16-11(13-14-15-16)8-17-10-5-3-9(12)4-6-10/h3-6H,2,7-8H2,1H3. The van der Waals surface area contributed by atoms with Crippen molar-refractivity contribution in [1.82, 2.24) is 20.2 Å². The van der Waals surface area contributed by atoms with Gasteiger partial charge in [0.1, 0.15) is 5.82 Å². The van der Waals surface area contributed by atoms with Crippen molar-refractivity contribution in [3.05, 3.63) is 35.9 Å². The van der Waals surface area contributed by atoms with E-state index < -0.39 is 0 Å². The minimum absolute atomic E-state index is 0.217. The molecule has 0 atom stereocenters. The molecule has 1 aromatic heterocycles. The molecule has 0 spiro atoms. The van der Waals surface area contributed by atoms with Crippen molar-refractivity contribution in [3.8, 4) is 0 Å². The van der Waals surface area contributed by atoms with Gasteiger partial charge in [0.25, 0.3) is 0 Å². The topological polar surface area (TPSA) is 43.6 Å². The van der Waals surface area contributed by atoms with Crippen LogP contribution in [0.15, 0.2) is 29.2 Å². The first-order valence-electron chi connectivity index (χ1n) is 5.43. The van der Waals surface area contributed by atoms with E-state index in [9.17, 15) is 4.39 Å². The molecule has 4 nitrogen and oxygen atoms in total. The van der Waals surface area contributed by atoms with Crippen LogP contribution < -0.4 is 0 Å². The number of hydrogen-bond donors (Lipinski definition) is 0. The summed E-state index contributed by atoms with van der Waals surface area (Å²) in [6.07, 6.45) is 0.999. The number of rotatable bonds is 5. The summed E-state index contributed by atoms with van der Waals surface area (Å²) >= 11 is 1.60. The summed E-state index contributed by atoms with van der Waals surface area (Å²) in [7, 11) is 0. The van der Waals surface area contributed by atoms with Crippen LogP contribution in [0.2, 0.25) is 0 Å². The van der Waals surface area contributed by atoms with Crippen LogP contribution >= 0.6 is 11.8 Å². The van der Waals surface area contributed by atoms with Gasteiger partial charge in [0, 0.05) is 11.4 Å². The van der Waals surface area contributed by atoms with E-state index in [4.69, 9.17) is 0 Å². The van der Waals surface area contributed by atoms with Gasteiger partial charge < -0.3 is 0 Å². The van der Waals surface area contributed by atoms with Crippen LogP contribution in [-0.2, 0) is 12.3 Å². The zero-order chi connectivity index (χ0) is 12.1. The maximum Gasteiger partial charge on any atom is 0.161 e. The van der Waals surface area contributed by atoms with E-state index in [0.29, 0.717) is 5.75 Å². The van der Waals surface area contributed by atoms with Crippen LogP contribution in [0.1, 0.15) is 19.2 Å². The number of benzene rings is 1. The van der Waals surface area contributed by atoms with E-state index in [-0.39, 0.29) is 5.82 Å². The average molecular weight is 252 g/mol. The van der Waals surface area contributed by atoms with E-state index in [2.05, 4.69) is 22.4 Å². The Bertz CT molecular complexity index is 469. The molecule has 0 aliphatic carbocycles. The Balaban J connectivity index is 1.97. The van der Waals surface area contributed by atoms with Crippen LogP contribution in [0.3, 0.4) is 0 Å². The van der Waals surface area contributed by atoms with Crippen molar-refractivity contribution in [2.75, 3.05) is 0 Å². The molecule has 0 amide bonds. The molecule has 2 rings (SSSR count). The Labute approximate surface area is 103 Å². The fraction of sp³-hybridized carbons (Fsp3) is 0.364. The molecule has 0 saturated heterocycles. The Hall–Kier alpha value is -1.43. The molecule has 1 heterocycles. The van der Waals surface area contributed by atoms with E-state index in [0.717, 1.165) is 23.7 Å². The Morgan fingerprint density at radius 3 is 2.76 bits per heavy atom. The molecule has 1 aromatic carbocycles. The number of thioether (sulfide) groups is 1. The van der Waals surface area contributed by atoms with E-state index in [1.54, 1.807) is 28.6 Å². The van der Waals surface area contributed by atoms with Crippen molar-refractivity contribution in [1.29, 1.82) is 0 Å². The Kier molecular flexibility index (Phi) is 4.08. The Morgan fingerprint density at radius 1 is 1.29 bits per heavy atom. The van der Waals surface area contributed by atoms with Gasteiger partial charge in [0.2, 0.25) is 0 Å². The highest BCUT2D eigenvalue weighted by Crippen LogP contribution is 2.21. The number of tetrazole rings is 1. The summed E-state index contributed by atoms with van der Waals surface area (Å²) in [5, 5.41) is 11.5. The molecular formula is C11H13FN4S. The van der Waals surface area contributed by atoms with Gasteiger partial charge in [-0.2, -0.15) is 0 Å². The summed E-state index contributed by atoms with van der Waals surface area (Å²) in [6.45, 7) is 2.91. The molecule has 0 radical (unpaired) electrons. The van der Waals surface area contributed by atoms with Crippen molar-refractivity contribution >= 4 is 11.8 Å². The first-order valence-corrected chi connectivity index (χ1v) is 6.41. The normalized spacial score (nSPS) is 10.7. The minimum Gasteiger partial charge on any atom is -0.229 e. The molecule has 90 valence electrons. The lowest BCUT2D eigenvalue weighted by Gasteiger charge is -2.02. The highest BCUT2D eigenvalue weighted by atomic mass is 32.2. The molecule has 0 aliphatic rings. The zero-order valence-electron chi connectivity index (χ0n) is 9.51. The molecule has 0 unspecified atom stereocenters. The largest absolute Gasteiger partial charge is 0.229 e. The van der Waals surface area contributed by atoms with E-state index in [1.165, 1.54) is 12.1 Å². The van der Waals surface area contributed by atoms with Gasteiger partial charge in [-0.3, -0.25) is 0 Å². The number of aromatic nitrogens is 4. The number of halogens is 1. The second kappa shape index (κ2) is 5.77. The van der Waals surface area contributed by atoms with Gasteiger partial charge in [0.05, 0.1) is 5.75 Å². The third-order valence-corrected chi connectivity index (χ3v) is 3.23. The van der Waals surface area contributed by atoms with Crippen LogP contribution in [0, 0.1) is 5.82 Å². The number of nitrogens with zero attached hydrogens (tertiary/aromatic N) is 4. The third kappa shape index (κ3) is 3.26. The molecule has 0 N–H and O–H groups in total.